The first-order valence-electron chi connectivity index (χ1n) is 9.25. The lowest BCUT2D eigenvalue weighted by Gasteiger charge is -2.25. The molecular weight excluding hydrogens is 311 g/mol. The number of phenolic OH excluding ortho intramolecular Hbond substituents is 1. The third kappa shape index (κ3) is 3.95. The fourth-order valence-corrected chi connectivity index (χ4v) is 3.45. The van der Waals surface area contributed by atoms with Gasteiger partial charge in [0.2, 0.25) is 0 Å². The molecule has 1 aliphatic rings. The summed E-state index contributed by atoms with van der Waals surface area (Å²) in [6, 6.07) is 10.4. The molecule has 0 radical (unpaired) electrons. The van der Waals surface area contributed by atoms with Crippen LogP contribution in [0.25, 0.3) is 16.7 Å². The predicted octanol–water partition coefficient (Wildman–Crippen LogP) is 6.99. The van der Waals surface area contributed by atoms with Crippen molar-refractivity contribution in [2.75, 3.05) is 0 Å². The van der Waals surface area contributed by atoms with Crippen LogP contribution in [0.1, 0.15) is 58.6 Å². The van der Waals surface area contributed by atoms with Gasteiger partial charge in [0, 0.05) is 5.56 Å². The normalized spacial score (nSPS) is 15.4. The number of hydrogen-bond acceptors (Lipinski definition) is 1. The van der Waals surface area contributed by atoms with Gasteiger partial charge in [-0.1, -0.05) is 58.9 Å². The molecule has 1 aliphatic carbocycles. The van der Waals surface area contributed by atoms with E-state index in [1.807, 2.05) is 26.0 Å². The number of halogens is 1. The zero-order valence-corrected chi connectivity index (χ0v) is 16.0. The summed E-state index contributed by atoms with van der Waals surface area (Å²) >= 11 is 0. The molecule has 2 aromatic rings. The Hall–Kier alpha value is -2.09. The van der Waals surface area contributed by atoms with Crippen molar-refractivity contribution in [2.24, 2.45) is 5.41 Å². The van der Waals surface area contributed by atoms with Gasteiger partial charge in [-0.05, 0) is 65.1 Å². The Kier molecular flexibility index (Phi) is 6.05. The minimum atomic E-state index is -0.301. The molecule has 0 heterocycles. The van der Waals surface area contributed by atoms with Crippen molar-refractivity contribution in [3.8, 4) is 16.9 Å². The van der Waals surface area contributed by atoms with Crippen molar-refractivity contribution >= 4 is 5.57 Å². The van der Waals surface area contributed by atoms with Crippen molar-refractivity contribution in [3.05, 3.63) is 59.4 Å². The van der Waals surface area contributed by atoms with Crippen LogP contribution >= 0.6 is 0 Å². The molecule has 0 unspecified atom stereocenters. The number of phenols is 1. The summed E-state index contributed by atoms with van der Waals surface area (Å²) in [6.07, 6.45) is 5.39. The van der Waals surface area contributed by atoms with Crippen LogP contribution in [-0.2, 0) is 6.42 Å². The Morgan fingerprint density at radius 1 is 1.00 bits per heavy atom. The van der Waals surface area contributed by atoms with E-state index in [0.29, 0.717) is 5.56 Å². The highest BCUT2D eigenvalue weighted by Crippen LogP contribution is 2.47. The number of allylic oxidation sites excluding steroid dienone is 2. The second-order valence-electron chi connectivity index (χ2n) is 6.94. The SMILES string of the molecule is CC.CCc1ccc(-c2cc(O)ccc2F)c(C2=CCCC2(C)C)c1. The van der Waals surface area contributed by atoms with E-state index < -0.39 is 0 Å². The molecule has 0 spiro atoms. The van der Waals surface area contributed by atoms with Gasteiger partial charge in [-0.25, -0.2) is 4.39 Å². The summed E-state index contributed by atoms with van der Waals surface area (Å²) in [5, 5.41) is 9.78. The minimum absolute atomic E-state index is 0.0894. The lowest BCUT2D eigenvalue weighted by Crippen LogP contribution is -2.10. The second-order valence-corrected chi connectivity index (χ2v) is 6.94. The number of rotatable bonds is 3. The number of aromatic hydroxyl groups is 1. The fourth-order valence-electron chi connectivity index (χ4n) is 3.45. The van der Waals surface area contributed by atoms with Crippen molar-refractivity contribution in [1.29, 1.82) is 0 Å². The van der Waals surface area contributed by atoms with Crippen molar-refractivity contribution in [3.63, 3.8) is 0 Å². The lowest BCUT2D eigenvalue weighted by molar-refractivity contribution is 0.473. The van der Waals surface area contributed by atoms with Crippen LogP contribution in [0, 0.1) is 11.2 Å². The van der Waals surface area contributed by atoms with Crippen LogP contribution in [-0.4, -0.2) is 5.11 Å². The molecule has 3 rings (SSSR count). The molecule has 1 N–H and O–H groups in total. The molecule has 0 aliphatic heterocycles. The molecular formula is C23H29FO. The smallest absolute Gasteiger partial charge is 0.131 e. The molecule has 2 aromatic carbocycles. The van der Waals surface area contributed by atoms with Gasteiger partial charge in [0.15, 0.2) is 0 Å². The quantitative estimate of drug-likeness (QED) is 0.638. The van der Waals surface area contributed by atoms with E-state index >= 15 is 0 Å². The Bertz CT molecular complexity index is 772. The maximum Gasteiger partial charge on any atom is 0.131 e. The first-order valence-corrected chi connectivity index (χ1v) is 9.25. The van der Waals surface area contributed by atoms with Crippen LogP contribution in [0.3, 0.4) is 0 Å². The standard InChI is InChI=1S/C21H23FO.C2H6/c1-4-14-7-9-16(18-13-15(23)8-10-20(18)22)17(12-14)19-6-5-11-21(19,2)3;1-2/h6-10,12-13,23H,4-5,11H2,1-3H3;1-2H3. The van der Waals surface area contributed by atoms with Crippen LogP contribution in [0.2, 0.25) is 0 Å². The first-order chi connectivity index (χ1) is 11.9. The topological polar surface area (TPSA) is 20.2 Å². The van der Waals surface area contributed by atoms with E-state index in [2.05, 4.69) is 32.9 Å². The zero-order chi connectivity index (χ0) is 18.6. The number of hydrogen-bond donors (Lipinski definition) is 1. The maximum absolute atomic E-state index is 14.4. The van der Waals surface area contributed by atoms with Crippen LogP contribution in [0.4, 0.5) is 4.39 Å². The van der Waals surface area contributed by atoms with Gasteiger partial charge in [0.25, 0.3) is 0 Å². The maximum atomic E-state index is 14.4. The predicted molar refractivity (Wildman–Crippen MR) is 105 cm³/mol. The number of aryl methyl sites for hydroxylation is 1. The average Bonchev–Trinajstić information content (AvgIpc) is 2.97. The molecule has 1 nitrogen and oxygen atoms in total. The summed E-state index contributed by atoms with van der Waals surface area (Å²) in [5.41, 5.74) is 5.03. The third-order valence-electron chi connectivity index (χ3n) is 4.87. The monoisotopic (exact) mass is 340 g/mol. The van der Waals surface area contributed by atoms with Crippen LogP contribution in [0.5, 0.6) is 5.75 Å². The molecule has 0 saturated carbocycles. The van der Waals surface area contributed by atoms with E-state index in [4.69, 9.17) is 0 Å². The van der Waals surface area contributed by atoms with E-state index in [1.165, 1.54) is 29.3 Å². The summed E-state index contributed by atoms with van der Waals surface area (Å²) in [7, 11) is 0. The highest BCUT2D eigenvalue weighted by Gasteiger charge is 2.30. The van der Waals surface area contributed by atoms with Crippen LogP contribution in [0.15, 0.2) is 42.5 Å². The van der Waals surface area contributed by atoms with Gasteiger partial charge in [-0.3, -0.25) is 0 Å². The van der Waals surface area contributed by atoms with Crippen LogP contribution < -0.4 is 0 Å². The van der Waals surface area contributed by atoms with Gasteiger partial charge in [-0.15, -0.1) is 0 Å². The van der Waals surface area contributed by atoms with Crippen molar-refractivity contribution in [1.82, 2.24) is 0 Å². The zero-order valence-electron chi connectivity index (χ0n) is 16.0. The van der Waals surface area contributed by atoms with E-state index in [-0.39, 0.29) is 17.0 Å². The van der Waals surface area contributed by atoms with E-state index in [0.717, 1.165) is 30.4 Å². The van der Waals surface area contributed by atoms with E-state index in [9.17, 15) is 9.50 Å². The molecule has 0 bridgehead atoms. The van der Waals surface area contributed by atoms with Gasteiger partial charge in [0.05, 0.1) is 0 Å². The van der Waals surface area contributed by atoms with Crippen molar-refractivity contribution in [2.45, 2.75) is 53.9 Å². The molecule has 0 atom stereocenters. The molecule has 2 heteroatoms. The third-order valence-corrected chi connectivity index (χ3v) is 4.87. The summed E-state index contributed by atoms with van der Waals surface area (Å²) in [6.45, 7) is 10.6. The lowest BCUT2D eigenvalue weighted by atomic mass is 9.79. The highest BCUT2D eigenvalue weighted by atomic mass is 19.1. The molecule has 0 fully saturated rings. The summed E-state index contributed by atoms with van der Waals surface area (Å²) in [4.78, 5) is 0. The second kappa shape index (κ2) is 7.86. The minimum Gasteiger partial charge on any atom is -0.508 e. The molecule has 0 saturated heterocycles. The van der Waals surface area contributed by atoms with Gasteiger partial charge in [-0.2, -0.15) is 0 Å². The Morgan fingerprint density at radius 3 is 2.32 bits per heavy atom. The first kappa shape index (κ1) is 19.2. The summed E-state index contributed by atoms with van der Waals surface area (Å²) in [5.74, 6) is -0.212. The van der Waals surface area contributed by atoms with Gasteiger partial charge < -0.3 is 5.11 Å². The number of benzene rings is 2. The Balaban J connectivity index is 0.00000109. The molecule has 0 aromatic heterocycles. The average molecular weight is 340 g/mol. The Morgan fingerprint density at radius 2 is 1.72 bits per heavy atom. The summed E-state index contributed by atoms with van der Waals surface area (Å²) < 4.78 is 14.4. The Labute approximate surface area is 151 Å². The largest absolute Gasteiger partial charge is 0.508 e. The molecule has 134 valence electrons. The molecule has 0 amide bonds. The van der Waals surface area contributed by atoms with Gasteiger partial charge in [0.1, 0.15) is 11.6 Å². The fraction of sp³-hybridized carbons (Fsp3) is 0.391. The molecule has 25 heavy (non-hydrogen) atoms. The van der Waals surface area contributed by atoms with E-state index in [1.54, 1.807) is 0 Å². The highest BCUT2D eigenvalue weighted by molar-refractivity contribution is 5.85. The van der Waals surface area contributed by atoms with Crippen molar-refractivity contribution < 1.29 is 9.50 Å². The van der Waals surface area contributed by atoms with Gasteiger partial charge >= 0.3 is 0 Å².